The standard InChI is InChI=1S/C18H19F3N2OS/c1-12-11-25-16(22-12)17(7-2-3-8-17)23-15(24)10-13-5-4-6-14(9-13)18(19,20)21/h4-6,9,11H,2-3,7-8,10H2,1H3,(H,23,24). The summed E-state index contributed by atoms with van der Waals surface area (Å²) in [5.41, 5.74) is 0.0654. The zero-order chi connectivity index (χ0) is 18.1. The highest BCUT2D eigenvalue weighted by molar-refractivity contribution is 7.09. The zero-order valence-electron chi connectivity index (χ0n) is 13.8. The number of aromatic nitrogens is 1. The number of nitrogens with one attached hydrogen (secondary N) is 1. The number of halogens is 3. The van der Waals surface area contributed by atoms with E-state index in [-0.39, 0.29) is 12.3 Å². The fourth-order valence-corrected chi connectivity index (χ4v) is 4.31. The van der Waals surface area contributed by atoms with Crippen LogP contribution in [0.25, 0.3) is 0 Å². The van der Waals surface area contributed by atoms with Crippen LogP contribution >= 0.6 is 11.3 Å². The van der Waals surface area contributed by atoms with Crippen LogP contribution in [0.1, 0.15) is 47.5 Å². The Morgan fingerprint density at radius 1 is 1.32 bits per heavy atom. The van der Waals surface area contributed by atoms with Crippen molar-refractivity contribution in [3.8, 4) is 0 Å². The van der Waals surface area contributed by atoms with Gasteiger partial charge in [0.05, 0.1) is 17.5 Å². The fraction of sp³-hybridized carbons (Fsp3) is 0.444. The van der Waals surface area contributed by atoms with Crippen molar-refractivity contribution in [2.45, 2.75) is 50.7 Å². The van der Waals surface area contributed by atoms with Gasteiger partial charge in [0.25, 0.3) is 0 Å². The van der Waals surface area contributed by atoms with E-state index in [2.05, 4.69) is 10.3 Å². The number of hydrogen-bond acceptors (Lipinski definition) is 3. The molecule has 1 N–H and O–H groups in total. The molecule has 134 valence electrons. The molecule has 25 heavy (non-hydrogen) atoms. The predicted molar refractivity (Wildman–Crippen MR) is 90.3 cm³/mol. The third-order valence-corrected chi connectivity index (χ3v) is 5.65. The Balaban J connectivity index is 1.75. The van der Waals surface area contributed by atoms with E-state index in [1.165, 1.54) is 17.4 Å². The van der Waals surface area contributed by atoms with E-state index >= 15 is 0 Å². The molecule has 1 heterocycles. The van der Waals surface area contributed by atoms with E-state index in [0.29, 0.717) is 5.56 Å². The van der Waals surface area contributed by atoms with Crippen molar-refractivity contribution in [2.24, 2.45) is 0 Å². The molecule has 1 aromatic carbocycles. The van der Waals surface area contributed by atoms with Gasteiger partial charge in [0, 0.05) is 11.1 Å². The molecule has 0 spiro atoms. The van der Waals surface area contributed by atoms with E-state index in [4.69, 9.17) is 0 Å². The maximum Gasteiger partial charge on any atom is 0.416 e. The first-order valence-corrected chi connectivity index (χ1v) is 9.06. The van der Waals surface area contributed by atoms with E-state index in [0.717, 1.165) is 48.5 Å². The summed E-state index contributed by atoms with van der Waals surface area (Å²) in [6.07, 6.45) is -0.846. The maximum absolute atomic E-state index is 12.8. The van der Waals surface area contributed by atoms with Gasteiger partial charge in [-0.3, -0.25) is 4.79 Å². The molecule has 0 atom stereocenters. The highest BCUT2D eigenvalue weighted by Crippen LogP contribution is 2.40. The van der Waals surface area contributed by atoms with Crippen LogP contribution < -0.4 is 5.32 Å². The molecule has 1 aliphatic carbocycles. The van der Waals surface area contributed by atoms with Crippen molar-refractivity contribution in [2.75, 3.05) is 0 Å². The summed E-state index contributed by atoms with van der Waals surface area (Å²) in [6.45, 7) is 1.91. The van der Waals surface area contributed by atoms with Gasteiger partial charge in [0.1, 0.15) is 5.01 Å². The van der Waals surface area contributed by atoms with Crippen LogP contribution in [0.3, 0.4) is 0 Å². The van der Waals surface area contributed by atoms with Gasteiger partial charge in [-0.2, -0.15) is 13.2 Å². The van der Waals surface area contributed by atoms with Crippen LogP contribution in [0.2, 0.25) is 0 Å². The van der Waals surface area contributed by atoms with Gasteiger partial charge in [0.2, 0.25) is 5.91 Å². The normalized spacial score (nSPS) is 16.8. The van der Waals surface area contributed by atoms with Gasteiger partial charge < -0.3 is 5.32 Å². The average molecular weight is 368 g/mol. The number of nitrogens with zero attached hydrogens (tertiary/aromatic N) is 1. The van der Waals surface area contributed by atoms with Crippen molar-refractivity contribution < 1.29 is 18.0 Å². The minimum atomic E-state index is -4.41. The molecule has 2 aromatic rings. The number of thiazole rings is 1. The topological polar surface area (TPSA) is 42.0 Å². The number of carbonyl (C=O) groups is 1. The van der Waals surface area contributed by atoms with Crippen molar-refractivity contribution in [3.63, 3.8) is 0 Å². The van der Waals surface area contributed by atoms with Gasteiger partial charge in [-0.05, 0) is 31.4 Å². The van der Waals surface area contributed by atoms with Crippen LogP contribution in [-0.2, 0) is 22.9 Å². The maximum atomic E-state index is 12.8. The fourth-order valence-electron chi connectivity index (χ4n) is 3.30. The Labute approximate surface area is 148 Å². The Hall–Kier alpha value is -1.89. The number of hydrogen-bond donors (Lipinski definition) is 1. The molecule has 0 saturated heterocycles. The highest BCUT2D eigenvalue weighted by Gasteiger charge is 2.39. The quantitative estimate of drug-likeness (QED) is 0.857. The first kappa shape index (κ1) is 17.9. The monoisotopic (exact) mass is 368 g/mol. The predicted octanol–water partition coefficient (Wildman–Crippen LogP) is 4.60. The molecule has 1 aromatic heterocycles. The molecule has 1 fully saturated rings. The third kappa shape index (κ3) is 4.03. The van der Waals surface area contributed by atoms with E-state index < -0.39 is 17.3 Å². The van der Waals surface area contributed by atoms with Crippen LogP contribution in [0.15, 0.2) is 29.6 Å². The molecule has 1 amide bonds. The Kier molecular flexibility index (Phi) is 4.86. The molecule has 0 bridgehead atoms. The Morgan fingerprint density at radius 2 is 2.04 bits per heavy atom. The molecular weight excluding hydrogens is 349 g/mol. The summed E-state index contributed by atoms with van der Waals surface area (Å²) >= 11 is 1.53. The lowest BCUT2D eigenvalue weighted by Gasteiger charge is -2.28. The second-order valence-corrected chi connectivity index (χ2v) is 7.36. The second kappa shape index (κ2) is 6.78. The lowest BCUT2D eigenvalue weighted by Crippen LogP contribution is -2.44. The molecule has 7 heteroatoms. The van der Waals surface area contributed by atoms with Crippen molar-refractivity contribution >= 4 is 17.2 Å². The summed E-state index contributed by atoms with van der Waals surface area (Å²) in [4.78, 5) is 17.0. The van der Waals surface area contributed by atoms with Gasteiger partial charge in [-0.15, -0.1) is 11.3 Å². The number of amides is 1. The molecule has 1 saturated carbocycles. The molecule has 1 aliphatic rings. The number of alkyl halides is 3. The molecule has 0 unspecified atom stereocenters. The third-order valence-electron chi connectivity index (χ3n) is 4.48. The summed E-state index contributed by atoms with van der Waals surface area (Å²) < 4.78 is 38.4. The van der Waals surface area contributed by atoms with Crippen molar-refractivity contribution in [3.05, 3.63) is 51.5 Å². The van der Waals surface area contributed by atoms with Gasteiger partial charge in [-0.25, -0.2) is 4.98 Å². The van der Waals surface area contributed by atoms with Crippen LogP contribution in [0, 0.1) is 6.92 Å². The van der Waals surface area contributed by atoms with Gasteiger partial charge in [-0.1, -0.05) is 31.0 Å². The molecule has 0 radical (unpaired) electrons. The van der Waals surface area contributed by atoms with E-state index in [9.17, 15) is 18.0 Å². The molecule has 3 nitrogen and oxygen atoms in total. The Morgan fingerprint density at radius 3 is 2.64 bits per heavy atom. The number of rotatable bonds is 4. The SMILES string of the molecule is Cc1csc(C2(NC(=O)Cc3cccc(C(F)(F)F)c3)CCCC2)n1. The Bertz CT molecular complexity index is 764. The second-order valence-electron chi connectivity index (χ2n) is 6.51. The lowest BCUT2D eigenvalue weighted by atomic mass is 9.97. The van der Waals surface area contributed by atoms with Crippen LogP contribution in [-0.4, -0.2) is 10.9 Å². The van der Waals surface area contributed by atoms with Gasteiger partial charge >= 0.3 is 6.18 Å². The van der Waals surface area contributed by atoms with Gasteiger partial charge in [0.15, 0.2) is 0 Å². The van der Waals surface area contributed by atoms with Crippen molar-refractivity contribution in [1.82, 2.24) is 10.3 Å². The van der Waals surface area contributed by atoms with Crippen LogP contribution in [0.4, 0.5) is 13.2 Å². The number of aryl methyl sites for hydroxylation is 1. The molecular formula is C18H19F3N2OS. The summed E-state index contributed by atoms with van der Waals surface area (Å²) in [7, 11) is 0. The van der Waals surface area contributed by atoms with E-state index in [1.807, 2.05) is 12.3 Å². The largest absolute Gasteiger partial charge is 0.416 e. The minimum absolute atomic E-state index is 0.0734. The average Bonchev–Trinajstić information content (AvgIpc) is 3.16. The summed E-state index contributed by atoms with van der Waals surface area (Å²) in [5, 5.41) is 5.90. The first-order valence-electron chi connectivity index (χ1n) is 8.18. The van der Waals surface area contributed by atoms with Crippen LogP contribution in [0.5, 0.6) is 0 Å². The zero-order valence-corrected chi connectivity index (χ0v) is 14.6. The molecule has 0 aliphatic heterocycles. The summed E-state index contributed by atoms with van der Waals surface area (Å²) in [6, 6.07) is 4.93. The smallest absolute Gasteiger partial charge is 0.344 e. The summed E-state index contributed by atoms with van der Waals surface area (Å²) in [5.74, 6) is -0.269. The lowest BCUT2D eigenvalue weighted by molar-refractivity contribution is -0.137. The number of carbonyl (C=O) groups excluding carboxylic acids is 1. The van der Waals surface area contributed by atoms with Crippen molar-refractivity contribution in [1.29, 1.82) is 0 Å². The van der Waals surface area contributed by atoms with E-state index in [1.54, 1.807) is 6.07 Å². The first-order chi connectivity index (χ1) is 11.8. The molecule has 3 rings (SSSR count). The number of benzene rings is 1. The highest BCUT2D eigenvalue weighted by atomic mass is 32.1. The minimum Gasteiger partial charge on any atom is -0.344 e.